The maximum absolute atomic E-state index is 14.2. The lowest BCUT2D eigenvalue weighted by molar-refractivity contribution is 0.0941. The van der Waals surface area contributed by atoms with E-state index in [-0.39, 0.29) is 12.2 Å². The second kappa shape index (κ2) is 9.69. The second-order valence-corrected chi connectivity index (χ2v) is 7.92. The molecule has 0 spiro atoms. The van der Waals surface area contributed by atoms with Gasteiger partial charge in [0.25, 0.3) is 11.5 Å². The SMILES string of the molecule is Cc1cccc(Cn2c(=O)c(C(=O)NCCN(C)C)nn(-c3ccc(C)c(F)c3)c2=O)c1. The number of nitrogens with one attached hydrogen (secondary N) is 1. The summed E-state index contributed by atoms with van der Waals surface area (Å²) in [4.78, 5) is 40.8. The zero-order valence-electron chi connectivity index (χ0n) is 18.6. The van der Waals surface area contributed by atoms with Crippen molar-refractivity contribution in [3.63, 3.8) is 0 Å². The first-order chi connectivity index (χ1) is 15.2. The van der Waals surface area contributed by atoms with Gasteiger partial charge in [-0.1, -0.05) is 35.9 Å². The van der Waals surface area contributed by atoms with Gasteiger partial charge in [0.1, 0.15) is 5.82 Å². The normalized spacial score (nSPS) is 11.1. The van der Waals surface area contributed by atoms with E-state index in [4.69, 9.17) is 0 Å². The number of benzene rings is 2. The van der Waals surface area contributed by atoms with Crippen molar-refractivity contribution in [3.8, 4) is 5.69 Å². The summed E-state index contributed by atoms with van der Waals surface area (Å²) in [5.41, 5.74) is 0.211. The van der Waals surface area contributed by atoms with Gasteiger partial charge >= 0.3 is 5.69 Å². The molecular formula is C23H26FN5O3. The van der Waals surface area contributed by atoms with E-state index in [1.54, 1.807) is 13.0 Å². The molecule has 1 N–H and O–H groups in total. The summed E-state index contributed by atoms with van der Waals surface area (Å²) in [5, 5.41) is 6.65. The molecule has 0 fully saturated rings. The van der Waals surface area contributed by atoms with Gasteiger partial charge < -0.3 is 10.2 Å². The number of hydrogen-bond donors (Lipinski definition) is 1. The van der Waals surface area contributed by atoms with Crippen molar-refractivity contribution in [3.05, 3.63) is 91.5 Å². The van der Waals surface area contributed by atoms with Gasteiger partial charge in [-0.25, -0.2) is 9.18 Å². The third kappa shape index (κ3) is 5.17. The summed E-state index contributed by atoms with van der Waals surface area (Å²) in [7, 11) is 3.71. The first-order valence-corrected chi connectivity index (χ1v) is 10.2. The van der Waals surface area contributed by atoms with Crippen molar-refractivity contribution in [1.82, 2.24) is 24.6 Å². The Morgan fingerprint density at radius 1 is 1.12 bits per heavy atom. The first-order valence-electron chi connectivity index (χ1n) is 10.2. The van der Waals surface area contributed by atoms with Crippen molar-refractivity contribution in [2.45, 2.75) is 20.4 Å². The summed E-state index contributed by atoms with van der Waals surface area (Å²) in [5.74, 6) is -1.22. The minimum Gasteiger partial charge on any atom is -0.349 e. The molecule has 0 atom stereocenters. The maximum Gasteiger partial charge on any atom is 0.352 e. The zero-order valence-corrected chi connectivity index (χ0v) is 18.6. The quantitative estimate of drug-likeness (QED) is 0.603. The Hall–Kier alpha value is -3.59. The zero-order chi connectivity index (χ0) is 23.4. The molecule has 1 heterocycles. The Labute approximate surface area is 184 Å². The number of likely N-dealkylation sites (N-methyl/N-ethyl adjacent to an activating group) is 1. The van der Waals surface area contributed by atoms with Gasteiger partial charge in [0.2, 0.25) is 5.69 Å². The van der Waals surface area contributed by atoms with Crippen molar-refractivity contribution in [1.29, 1.82) is 0 Å². The maximum atomic E-state index is 14.2. The number of amides is 1. The molecule has 0 aliphatic rings. The molecule has 9 heteroatoms. The highest BCUT2D eigenvalue weighted by atomic mass is 19.1. The molecule has 0 saturated carbocycles. The van der Waals surface area contributed by atoms with E-state index < -0.39 is 28.7 Å². The average molecular weight is 439 g/mol. The Balaban J connectivity index is 2.14. The largest absolute Gasteiger partial charge is 0.352 e. The molecule has 168 valence electrons. The highest BCUT2D eigenvalue weighted by Gasteiger charge is 2.20. The van der Waals surface area contributed by atoms with Gasteiger partial charge in [-0.15, -0.1) is 0 Å². The number of halogens is 1. The molecule has 0 aliphatic heterocycles. The van der Waals surface area contributed by atoms with Crippen molar-refractivity contribution >= 4 is 5.91 Å². The smallest absolute Gasteiger partial charge is 0.349 e. The van der Waals surface area contributed by atoms with Crippen LogP contribution in [0.2, 0.25) is 0 Å². The lowest BCUT2D eigenvalue weighted by Crippen LogP contribution is -2.46. The topological polar surface area (TPSA) is 89.2 Å². The van der Waals surface area contributed by atoms with E-state index in [9.17, 15) is 18.8 Å². The molecule has 2 aromatic carbocycles. The highest BCUT2D eigenvalue weighted by molar-refractivity contribution is 5.91. The third-order valence-electron chi connectivity index (χ3n) is 4.94. The predicted molar refractivity (Wildman–Crippen MR) is 120 cm³/mol. The Morgan fingerprint density at radius 3 is 2.53 bits per heavy atom. The van der Waals surface area contributed by atoms with Crippen molar-refractivity contribution < 1.29 is 9.18 Å². The summed E-state index contributed by atoms with van der Waals surface area (Å²) < 4.78 is 16.0. The number of carbonyl (C=O) groups excluding carboxylic acids is 1. The van der Waals surface area contributed by atoms with E-state index in [2.05, 4.69) is 10.4 Å². The van der Waals surface area contributed by atoms with Crippen LogP contribution < -0.4 is 16.6 Å². The summed E-state index contributed by atoms with van der Waals surface area (Å²) in [6.07, 6.45) is 0. The molecule has 0 bridgehead atoms. The number of hydrogen-bond acceptors (Lipinski definition) is 5. The molecule has 32 heavy (non-hydrogen) atoms. The minimum atomic E-state index is -0.803. The first kappa shape index (κ1) is 23.1. The van der Waals surface area contributed by atoms with E-state index >= 15 is 0 Å². The van der Waals surface area contributed by atoms with Gasteiger partial charge in [-0.3, -0.25) is 14.2 Å². The third-order valence-corrected chi connectivity index (χ3v) is 4.94. The summed E-state index contributed by atoms with van der Waals surface area (Å²) >= 11 is 0. The lowest BCUT2D eigenvalue weighted by Gasteiger charge is -2.14. The Kier molecular flexibility index (Phi) is 6.99. The standard InChI is InChI=1S/C23H26FN5O3/c1-15-6-5-7-17(12-15)14-28-22(31)20(21(30)25-10-11-27(3)4)26-29(23(28)32)18-9-8-16(2)19(24)13-18/h5-9,12-13H,10-11,14H2,1-4H3,(H,25,30). The molecule has 8 nitrogen and oxygen atoms in total. The summed E-state index contributed by atoms with van der Waals surface area (Å²) in [6, 6.07) is 11.5. The summed E-state index contributed by atoms with van der Waals surface area (Å²) in [6.45, 7) is 4.30. The van der Waals surface area contributed by atoms with E-state index in [1.165, 1.54) is 12.1 Å². The van der Waals surface area contributed by atoms with Crippen LogP contribution in [-0.2, 0) is 6.54 Å². The predicted octanol–water partition coefficient (Wildman–Crippen LogP) is 1.49. The molecule has 3 rings (SSSR count). The number of nitrogens with zero attached hydrogens (tertiary/aromatic N) is 4. The van der Waals surface area contributed by atoms with Crippen LogP contribution in [0.5, 0.6) is 0 Å². The van der Waals surface area contributed by atoms with E-state index in [1.807, 2.05) is 44.1 Å². The van der Waals surface area contributed by atoms with Gasteiger partial charge in [0.05, 0.1) is 12.2 Å². The molecule has 3 aromatic rings. The fraction of sp³-hybridized carbons (Fsp3) is 0.304. The molecule has 0 unspecified atom stereocenters. The number of carbonyl (C=O) groups is 1. The minimum absolute atomic E-state index is 0.0474. The number of rotatable bonds is 7. The highest BCUT2D eigenvalue weighted by Crippen LogP contribution is 2.11. The van der Waals surface area contributed by atoms with Crippen LogP contribution in [0.1, 0.15) is 27.2 Å². The van der Waals surface area contributed by atoms with Gasteiger partial charge in [-0.2, -0.15) is 9.78 Å². The fourth-order valence-electron chi connectivity index (χ4n) is 3.15. The van der Waals surface area contributed by atoms with E-state index in [0.29, 0.717) is 18.7 Å². The van der Waals surface area contributed by atoms with Crippen LogP contribution in [0.15, 0.2) is 52.1 Å². The average Bonchev–Trinajstić information content (AvgIpc) is 2.73. The van der Waals surface area contributed by atoms with Gasteiger partial charge in [-0.05, 0) is 45.1 Å². The van der Waals surface area contributed by atoms with Crippen LogP contribution in [0.3, 0.4) is 0 Å². The molecule has 0 saturated heterocycles. The Morgan fingerprint density at radius 2 is 1.88 bits per heavy atom. The molecule has 1 amide bonds. The fourth-order valence-corrected chi connectivity index (χ4v) is 3.15. The number of aromatic nitrogens is 3. The van der Waals surface area contributed by atoms with Crippen molar-refractivity contribution in [2.24, 2.45) is 0 Å². The molecule has 0 radical (unpaired) electrons. The van der Waals surface area contributed by atoms with Crippen LogP contribution in [0, 0.1) is 19.7 Å². The second-order valence-electron chi connectivity index (χ2n) is 7.92. The Bertz CT molecular complexity index is 1260. The number of aryl methyl sites for hydroxylation is 2. The van der Waals surface area contributed by atoms with Crippen LogP contribution in [-0.4, -0.2) is 52.3 Å². The van der Waals surface area contributed by atoms with Crippen LogP contribution in [0.25, 0.3) is 5.69 Å². The molecule has 1 aromatic heterocycles. The lowest BCUT2D eigenvalue weighted by atomic mass is 10.1. The van der Waals surface area contributed by atoms with Crippen LogP contribution >= 0.6 is 0 Å². The van der Waals surface area contributed by atoms with E-state index in [0.717, 1.165) is 26.4 Å². The van der Waals surface area contributed by atoms with Crippen molar-refractivity contribution in [2.75, 3.05) is 27.2 Å². The molecule has 0 aliphatic carbocycles. The van der Waals surface area contributed by atoms with Gasteiger partial charge in [0.15, 0.2) is 0 Å². The van der Waals surface area contributed by atoms with Crippen LogP contribution in [0.4, 0.5) is 4.39 Å². The molecular weight excluding hydrogens is 413 g/mol. The van der Waals surface area contributed by atoms with Gasteiger partial charge in [0, 0.05) is 19.2 Å². The monoisotopic (exact) mass is 439 g/mol.